The lowest BCUT2D eigenvalue weighted by Crippen LogP contribution is -1.99. The molecule has 0 saturated heterocycles. The van der Waals surface area contributed by atoms with Gasteiger partial charge in [0.1, 0.15) is 11.5 Å². The molecule has 0 spiro atoms. The Labute approximate surface area is 125 Å². The van der Waals surface area contributed by atoms with E-state index in [2.05, 4.69) is 20.6 Å². The predicted octanol–water partition coefficient (Wildman–Crippen LogP) is 4.11. The second kappa shape index (κ2) is 4.86. The summed E-state index contributed by atoms with van der Waals surface area (Å²) in [6.07, 6.45) is 1.85. The van der Waals surface area contributed by atoms with E-state index in [9.17, 15) is 0 Å². The van der Waals surface area contributed by atoms with Gasteiger partial charge >= 0.3 is 0 Å². The number of imidazole rings is 1. The second-order valence-corrected chi connectivity index (χ2v) is 5.81. The highest BCUT2D eigenvalue weighted by atomic mass is 32.1. The van der Waals surface area contributed by atoms with E-state index in [1.807, 2.05) is 49.0 Å². The third-order valence-corrected chi connectivity index (χ3v) is 4.33. The number of rotatable bonds is 3. The van der Waals surface area contributed by atoms with Gasteiger partial charge in [0.15, 0.2) is 0 Å². The van der Waals surface area contributed by atoms with Crippen molar-refractivity contribution in [1.29, 1.82) is 0 Å². The van der Waals surface area contributed by atoms with Crippen LogP contribution in [-0.2, 0) is 6.54 Å². The first kappa shape index (κ1) is 12.3. The third kappa shape index (κ3) is 2.15. The molecule has 0 fully saturated rings. The van der Waals surface area contributed by atoms with Crippen molar-refractivity contribution in [3.63, 3.8) is 0 Å². The molecule has 0 bridgehead atoms. The molecule has 0 N–H and O–H groups in total. The van der Waals surface area contributed by atoms with Gasteiger partial charge in [-0.15, -0.1) is 11.3 Å². The number of aryl methyl sites for hydroxylation is 1. The van der Waals surface area contributed by atoms with Crippen LogP contribution in [0.5, 0.6) is 0 Å². The fourth-order valence-corrected chi connectivity index (χ4v) is 3.03. The van der Waals surface area contributed by atoms with Crippen LogP contribution in [0.2, 0.25) is 0 Å². The van der Waals surface area contributed by atoms with E-state index in [0.29, 0.717) is 12.4 Å². The molecule has 3 heterocycles. The molecule has 3 aromatic heterocycles. The van der Waals surface area contributed by atoms with Crippen molar-refractivity contribution in [1.82, 2.24) is 14.5 Å². The molecule has 4 rings (SSSR count). The largest absolute Gasteiger partial charge is 0.440 e. The molecule has 5 heteroatoms. The number of thiophene rings is 1. The normalized spacial score (nSPS) is 11.3. The van der Waals surface area contributed by atoms with Gasteiger partial charge in [-0.1, -0.05) is 18.2 Å². The first-order chi connectivity index (χ1) is 10.3. The Hall–Kier alpha value is -2.40. The lowest BCUT2D eigenvalue weighted by Gasteiger charge is -2.01. The molecule has 0 amide bonds. The minimum atomic E-state index is 0.668. The van der Waals surface area contributed by atoms with Crippen molar-refractivity contribution in [3.05, 3.63) is 59.6 Å². The summed E-state index contributed by atoms with van der Waals surface area (Å²) in [7, 11) is 0. The number of benzene rings is 1. The van der Waals surface area contributed by atoms with E-state index >= 15 is 0 Å². The van der Waals surface area contributed by atoms with Gasteiger partial charge in [-0.25, -0.2) is 9.97 Å². The SMILES string of the molecule is Cc1oc(-c2cccs2)nc1Cn1cnc2ccccc21. The monoisotopic (exact) mass is 295 g/mol. The van der Waals surface area contributed by atoms with Crippen LogP contribution in [0.3, 0.4) is 0 Å². The summed E-state index contributed by atoms with van der Waals surface area (Å²) in [5.41, 5.74) is 3.05. The zero-order chi connectivity index (χ0) is 14.2. The Bertz CT molecular complexity index is 889. The maximum absolute atomic E-state index is 5.79. The van der Waals surface area contributed by atoms with Crippen molar-refractivity contribution < 1.29 is 4.42 Å². The van der Waals surface area contributed by atoms with E-state index in [0.717, 1.165) is 27.4 Å². The van der Waals surface area contributed by atoms with E-state index in [-0.39, 0.29) is 0 Å². The van der Waals surface area contributed by atoms with Crippen LogP contribution in [0.15, 0.2) is 52.5 Å². The molecule has 21 heavy (non-hydrogen) atoms. The summed E-state index contributed by atoms with van der Waals surface area (Å²) in [6.45, 7) is 2.62. The number of aromatic nitrogens is 3. The Morgan fingerprint density at radius 3 is 2.95 bits per heavy atom. The predicted molar refractivity (Wildman–Crippen MR) is 83.4 cm³/mol. The number of nitrogens with zero attached hydrogens (tertiary/aromatic N) is 3. The van der Waals surface area contributed by atoms with Crippen LogP contribution in [0.1, 0.15) is 11.5 Å². The van der Waals surface area contributed by atoms with E-state index in [1.54, 1.807) is 11.3 Å². The molecule has 0 radical (unpaired) electrons. The Morgan fingerprint density at radius 1 is 1.19 bits per heavy atom. The van der Waals surface area contributed by atoms with Gasteiger partial charge in [0.05, 0.1) is 28.8 Å². The minimum absolute atomic E-state index is 0.668. The van der Waals surface area contributed by atoms with Crippen molar-refractivity contribution in [2.45, 2.75) is 13.5 Å². The molecule has 104 valence electrons. The highest BCUT2D eigenvalue weighted by Crippen LogP contribution is 2.26. The maximum atomic E-state index is 5.79. The zero-order valence-electron chi connectivity index (χ0n) is 11.5. The molecule has 0 aliphatic rings. The number of hydrogen-bond acceptors (Lipinski definition) is 4. The molecule has 0 saturated carbocycles. The van der Waals surface area contributed by atoms with Crippen LogP contribution in [0.25, 0.3) is 21.8 Å². The van der Waals surface area contributed by atoms with Gasteiger partial charge in [-0.05, 0) is 30.5 Å². The third-order valence-electron chi connectivity index (χ3n) is 3.47. The Morgan fingerprint density at radius 2 is 2.10 bits per heavy atom. The maximum Gasteiger partial charge on any atom is 0.236 e. The van der Waals surface area contributed by atoms with Crippen molar-refractivity contribution in [2.24, 2.45) is 0 Å². The quantitative estimate of drug-likeness (QED) is 0.571. The Balaban J connectivity index is 1.71. The lowest BCUT2D eigenvalue weighted by molar-refractivity contribution is 0.539. The molecular weight excluding hydrogens is 282 g/mol. The molecule has 1 aromatic carbocycles. The fraction of sp³-hybridized carbons (Fsp3) is 0.125. The summed E-state index contributed by atoms with van der Waals surface area (Å²) >= 11 is 1.63. The topological polar surface area (TPSA) is 43.9 Å². The van der Waals surface area contributed by atoms with Crippen molar-refractivity contribution in [2.75, 3.05) is 0 Å². The van der Waals surface area contributed by atoms with Crippen LogP contribution in [0, 0.1) is 6.92 Å². The zero-order valence-corrected chi connectivity index (χ0v) is 12.3. The summed E-state index contributed by atoms with van der Waals surface area (Å²) in [4.78, 5) is 10.1. The van der Waals surface area contributed by atoms with Crippen LogP contribution < -0.4 is 0 Å². The lowest BCUT2D eigenvalue weighted by atomic mass is 10.3. The molecule has 0 atom stereocenters. The van der Waals surface area contributed by atoms with Gasteiger partial charge in [0.25, 0.3) is 0 Å². The highest BCUT2D eigenvalue weighted by Gasteiger charge is 2.13. The summed E-state index contributed by atoms with van der Waals surface area (Å²) in [6, 6.07) is 12.1. The first-order valence-electron chi connectivity index (χ1n) is 6.71. The number of para-hydroxylation sites is 2. The standard InChI is InChI=1S/C16H13N3OS/c1-11-13(18-16(20-11)15-7-4-8-21-15)9-19-10-17-12-5-2-3-6-14(12)19/h2-8,10H,9H2,1H3. The number of oxazole rings is 1. The number of fused-ring (bicyclic) bond motifs is 1. The second-order valence-electron chi connectivity index (χ2n) is 4.86. The van der Waals surface area contributed by atoms with Gasteiger partial charge in [-0.3, -0.25) is 0 Å². The summed E-state index contributed by atoms with van der Waals surface area (Å²) < 4.78 is 7.88. The minimum Gasteiger partial charge on any atom is -0.440 e. The van der Waals surface area contributed by atoms with Gasteiger partial charge in [0.2, 0.25) is 5.89 Å². The van der Waals surface area contributed by atoms with Crippen LogP contribution in [-0.4, -0.2) is 14.5 Å². The van der Waals surface area contributed by atoms with E-state index < -0.39 is 0 Å². The van der Waals surface area contributed by atoms with Crippen molar-refractivity contribution in [3.8, 4) is 10.8 Å². The highest BCUT2D eigenvalue weighted by molar-refractivity contribution is 7.13. The van der Waals surface area contributed by atoms with Gasteiger partial charge in [0, 0.05) is 0 Å². The summed E-state index contributed by atoms with van der Waals surface area (Å²) in [5, 5.41) is 2.03. The average molecular weight is 295 g/mol. The van der Waals surface area contributed by atoms with Gasteiger partial charge in [-0.2, -0.15) is 0 Å². The van der Waals surface area contributed by atoms with Gasteiger partial charge < -0.3 is 8.98 Å². The fourth-order valence-electron chi connectivity index (χ4n) is 2.38. The number of hydrogen-bond donors (Lipinski definition) is 0. The Kier molecular flexibility index (Phi) is 2.86. The van der Waals surface area contributed by atoms with E-state index in [4.69, 9.17) is 4.42 Å². The summed E-state index contributed by atoms with van der Waals surface area (Å²) in [5.74, 6) is 1.55. The molecule has 0 aliphatic carbocycles. The van der Waals surface area contributed by atoms with Crippen molar-refractivity contribution >= 4 is 22.4 Å². The molecule has 0 aliphatic heterocycles. The first-order valence-corrected chi connectivity index (χ1v) is 7.59. The average Bonchev–Trinajstić information content (AvgIpc) is 3.21. The smallest absolute Gasteiger partial charge is 0.236 e. The molecule has 4 nitrogen and oxygen atoms in total. The van der Waals surface area contributed by atoms with Crippen LogP contribution in [0.4, 0.5) is 0 Å². The van der Waals surface area contributed by atoms with Crippen LogP contribution >= 0.6 is 11.3 Å². The molecular formula is C16H13N3OS. The van der Waals surface area contributed by atoms with E-state index in [1.165, 1.54) is 0 Å². The molecule has 4 aromatic rings. The molecule has 0 unspecified atom stereocenters.